The molecule has 4 N–H and O–H groups in total. The molecular weight excluding hydrogens is 1190 g/mol. The molecule has 4 aromatic rings. The average molecular weight is 1230 g/mol. The first-order valence-electron chi connectivity index (χ1n) is 19.0. The van der Waals surface area contributed by atoms with Gasteiger partial charge < -0.3 is 29.9 Å². The van der Waals surface area contributed by atoms with Crippen molar-refractivity contribution >= 4 is 83.6 Å². The first-order chi connectivity index (χ1) is 31.7. The van der Waals surface area contributed by atoms with Crippen molar-refractivity contribution in [1.82, 2.24) is 0 Å². The Labute approximate surface area is 419 Å². The third-order valence-corrected chi connectivity index (χ3v) is 10.2. The normalized spacial score (nSPS) is 11.9. The smallest absolute Gasteiger partial charge is 0.417 e. The van der Waals surface area contributed by atoms with Gasteiger partial charge in [-0.3, -0.25) is 0 Å². The van der Waals surface area contributed by atoms with E-state index in [1.54, 1.807) is 41.5 Å². The van der Waals surface area contributed by atoms with Crippen molar-refractivity contribution < 1.29 is 111 Å². The van der Waals surface area contributed by atoms with Crippen molar-refractivity contribution in [2.75, 3.05) is 0 Å². The van der Waals surface area contributed by atoms with Crippen molar-refractivity contribution in [1.29, 1.82) is 0 Å². The van der Waals surface area contributed by atoms with Gasteiger partial charge in [0.05, 0.1) is 55.6 Å². The molecule has 71 heavy (non-hydrogen) atoms. The molecule has 12 nitrogen and oxygen atoms in total. The highest BCUT2D eigenvalue weighted by Gasteiger charge is 2.40. The Kier molecular flexibility index (Phi) is 21.1. The highest BCUT2D eigenvalue weighted by molar-refractivity contribution is 9.11. The van der Waals surface area contributed by atoms with E-state index in [4.69, 9.17) is 29.9 Å². The second-order valence-electron chi connectivity index (χ2n) is 16.2. The third kappa shape index (κ3) is 19.4. The molecule has 0 spiro atoms. The molecule has 0 amide bonds. The number of rotatable bonds is 6. The van der Waals surface area contributed by atoms with E-state index >= 15 is 0 Å². The quantitative estimate of drug-likeness (QED) is 0.105. The maximum atomic E-state index is 13.4. The van der Waals surface area contributed by atoms with Crippen LogP contribution in [0.25, 0.3) is 0 Å². The predicted octanol–water partition coefficient (Wildman–Crippen LogP) is 14.4. The van der Waals surface area contributed by atoms with Crippen molar-refractivity contribution in [2.24, 2.45) is 0 Å². The minimum atomic E-state index is -4.93. The highest BCUT2D eigenvalue weighted by Crippen LogP contribution is 2.39. The summed E-state index contributed by atoms with van der Waals surface area (Å²) in [4.78, 5) is 66.6. The summed E-state index contributed by atoms with van der Waals surface area (Å²) in [6.07, 6.45) is -19.1. The number of carbonyl (C=O) groups is 6. The monoisotopic (exact) mass is 1220 g/mol. The van der Waals surface area contributed by atoms with Crippen LogP contribution < -0.4 is 0 Å². The summed E-state index contributed by atoms with van der Waals surface area (Å²) in [6, 6.07) is 7.31. The van der Waals surface area contributed by atoms with Gasteiger partial charge in [0.15, 0.2) is 0 Å². The molecule has 27 heteroatoms. The van der Waals surface area contributed by atoms with Gasteiger partial charge in [-0.15, -0.1) is 0 Å². The van der Waals surface area contributed by atoms with E-state index in [1.165, 1.54) is 19.9 Å². The van der Waals surface area contributed by atoms with Crippen LogP contribution in [-0.2, 0) is 34.2 Å². The standard InChI is InChI=1S/C17H20BrF3O4.C9H4BrF3O4.C9H6BrF3O2.C9H7F3O2/c1-15(2,3)24-13(22)9-8-12(18)10(7-11(9)17(19,20)21)14(23)25-16(4,5)6;10-6-2-3(7(14)15)5(9(11,12)13)1-4(6)8(16)17;1-4-2-6(9(11,12)13)5(8(14)15)3-7(4)10;1-5-2-3-6(8(13)14)7(4-5)9(10,11)12/h7-8H,1-6H3;1-2H,(H,14,15)(H,16,17);2-3H,1H3,(H,14,15);2-4H,1H3,(H,13,14). The van der Waals surface area contributed by atoms with E-state index < -0.39 is 122 Å². The van der Waals surface area contributed by atoms with Gasteiger partial charge in [-0.2, -0.15) is 52.7 Å². The number of alkyl halides is 12. The second-order valence-corrected chi connectivity index (χ2v) is 18.7. The van der Waals surface area contributed by atoms with Crippen LogP contribution in [0.15, 0.2) is 68.0 Å². The lowest BCUT2D eigenvalue weighted by atomic mass is 10.0. The molecular formula is C44H37Br3F12O12. The summed E-state index contributed by atoms with van der Waals surface area (Å²) in [6.45, 7) is 12.4. The van der Waals surface area contributed by atoms with Gasteiger partial charge in [-0.05, 0) is 141 Å². The molecule has 0 aliphatic heterocycles. The van der Waals surface area contributed by atoms with Crippen LogP contribution in [0.4, 0.5) is 52.7 Å². The van der Waals surface area contributed by atoms with Gasteiger partial charge in [-0.25, -0.2) is 28.8 Å². The lowest BCUT2D eigenvalue weighted by Gasteiger charge is -2.23. The van der Waals surface area contributed by atoms with E-state index in [-0.39, 0.29) is 20.6 Å². The van der Waals surface area contributed by atoms with E-state index in [1.807, 2.05) is 0 Å². The van der Waals surface area contributed by atoms with Crippen molar-refractivity contribution in [3.63, 3.8) is 0 Å². The summed E-state index contributed by atoms with van der Waals surface area (Å²) >= 11 is 8.72. The van der Waals surface area contributed by atoms with Crippen LogP contribution >= 0.6 is 47.8 Å². The number of aromatic carboxylic acids is 4. The van der Waals surface area contributed by atoms with Crippen LogP contribution in [0.2, 0.25) is 0 Å². The Hall–Kier alpha value is -5.70. The lowest BCUT2D eigenvalue weighted by molar-refractivity contribution is -0.139. The first kappa shape index (κ1) is 63.3. The number of benzene rings is 4. The summed E-state index contributed by atoms with van der Waals surface area (Å²) in [5, 5.41) is 34.4. The molecule has 0 atom stereocenters. The zero-order valence-electron chi connectivity index (χ0n) is 37.4. The minimum Gasteiger partial charge on any atom is -0.478 e. The van der Waals surface area contributed by atoms with Crippen molar-refractivity contribution in [3.05, 3.63) is 135 Å². The van der Waals surface area contributed by atoms with Crippen LogP contribution in [0.1, 0.15) is 137 Å². The molecule has 0 unspecified atom stereocenters. The summed E-state index contributed by atoms with van der Waals surface area (Å²) in [7, 11) is 0. The van der Waals surface area contributed by atoms with Gasteiger partial charge in [0.2, 0.25) is 0 Å². The van der Waals surface area contributed by atoms with E-state index in [2.05, 4.69) is 47.8 Å². The highest BCUT2D eigenvalue weighted by atomic mass is 79.9. The zero-order chi connectivity index (χ0) is 55.9. The Morgan fingerprint density at radius 3 is 1.06 bits per heavy atom. The van der Waals surface area contributed by atoms with E-state index in [9.17, 15) is 81.5 Å². The van der Waals surface area contributed by atoms with Gasteiger partial charge >= 0.3 is 60.5 Å². The Morgan fingerprint density at radius 1 is 0.394 bits per heavy atom. The Bertz CT molecular complexity index is 2680. The molecule has 0 aliphatic carbocycles. The number of carboxylic acid groups (broad SMARTS) is 4. The van der Waals surface area contributed by atoms with Crippen LogP contribution in [0.3, 0.4) is 0 Å². The molecule has 0 saturated heterocycles. The molecule has 0 heterocycles. The molecule has 0 fully saturated rings. The number of esters is 2. The number of hydrogen-bond acceptors (Lipinski definition) is 8. The maximum absolute atomic E-state index is 13.4. The number of carboxylic acids is 4. The van der Waals surface area contributed by atoms with Gasteiger partial charge in [-0.1, -0.05) is 27.6 Å². The molecule has 390 valence electrons. The fourth-order valence-corrected chi connectivity index (χ4v) is 6.48. The number of halogens is 15. The molecule has 4 aromatic carbocycles. The topological polar surface area (TPSA) is 202 Å². The predicted molar refractivity (Wildman–Crippen MR) is 237 cm³/mol. The molecule has 0 bridgehead atoms. The fourth-order valence-electron chi connectivity index (χ4n) is 5.12. The number of aryl methyl sites for hydroxylation is 2. The first-order valence-corrected chi connectivity index (χ1v) is 21.4. The average Bonchev–Trinajstić information content (AvgIpc) is 3.15. The van der Waals surface area contributed by atoms with Gasteiger partial charge in [0.1, 0.15) is 11.2 Å². The largest absolute Gasteiger partial charge is 0.478 e. The summed E-state index contributed by atoms with van der Waals surface area (Å²) in [5.41, 5.74) is -10.2. The zero-order valence-corrected chi connectivity index (χ0v) is 42.2. The number of carbonyl (C=O) groups excluding carboxylic acids is 2. The van der Waals surface area contributed by atoms with Gasteiger partial charge in [0, 0.05) is 13.4 Å². The van der Waals surface area contributed by atoms with Crippen LogP contribution in [0.5, 0.6) is 0 Å². The number of ether oxygens (including phenoxy) is 2. The minimum absolute atomic E-state index is 0.00982. The van der Waals surface area contributed by atoms with Crippen LogP contribution in [0, 0.1) is 13.8 Å². The number of hydrogen-bond donors (Lipinski definition) is 4. The van der Waals surface area contributed by atoms with Gasteiger partial charge in [0.25, 0.3) is 0 Å². The molecule has 0 radical (unpaired) electrons. The molecule has 0 saturated carbocycles. The van der Waals surface area contributed by atoms with E-state index in [0.717, 1.165) is 30.3 Å². The molecule has 4 rings (SSSR count). The molecule has 0 aliphatic rings. The van der Waals surface area contributed by atoms with Crippen LogP contribution in [-0.4, -0.2) is 67.4 Å². The molecule has 0 aromatic heterocycles. The van der Waals surface area contributed by atoms with E-state index in [0.29, 0.717) is 27.7 Å². The summed E-state index contributed by atoms with van der Waals surface area (Å²) in [5.74, 6) is -8.59. The second kappa shape index (κ2) is 23.7. The SMILES string of the molecule is CC(C)(C)OC(=O)c1cc(C(F)(F)F)c(C(=O)OC(C)(C)C)cc1Br.Cc1cc(C(F)(F)F)c(C(=O)O)cc1Br.Cc1ccc(C(=O)O)c(C(F)(F)F)c1.O=C(O)c1cc(C(F)(F)F)c(C(=O)O)cc1Br. The van der Waals surface area contributed by atoms with Crippen molar-refractivity contribution in [2.45, 2.75) is 91.3 Å². The summed E-state index contributed by atoms with van der Waals surface area (Å²) < 4.78 is 162. The third-order valence-electron chi connectivity index (χ3n) is 8.07. The maximum Gasteiger partial charge on any atom is 0.417 e. The lowest BCUT2D eigenvalue weighted by Crippen LogP contribution is -2.27. The van der Waals surface area contributed by atoms with Crippen molar-refractivity contribution in [3.8, 4) is 0 Å². The Morgan fingerprint density at radius 2 is 0.690 bits per heavy atom. The Balaban J connectivity index is 0.000000487. The fraction of sp³-hybridized carbons (Fsp3) is 0.318.